The molecule has 0 aliphatic carbocycles. The lowest BCUT2D eigenvalue weighted by Crippen LogP contribution is -2.10. The number of hydrogen-bond donors (Lipinski definition) is 1. The van der Waals surface area contributed by atoms with Crippen molar-refractivity contribution in [3.05, 3.63) is 58.7 Å². The summed E-state index contributed by atoms with van der Waals surface area (Å²) in [5.74, 6) is 0.173. The Kier molecular flexibility index (Phi) is 6.97. The average molecular weight is 395 g/mol. The van der Waals surface area contributed by atoms with Crippen molar-refractivity contribution in [3.8, 4) is 0 Å². The maximum atomic E-state index is 12.0. The lowest BCUT2D eigenvalue weighted by atomic mass is 10.1. The number of nitrogens with two attached hydrogens (primary N) is 1. The van der Waals surface area contributed by atoms with Gasteiger partial charge in [0, 0.05) is 34.9 Å². The van der Waals surface area contributed by atoms with Gasteiger partial charge in [-0.3, -0.25) is 4.40 Å². The smallest absolute Gasteiger partial charge is 0.358 e. The van der Waals surface area contributed by atoms with Crippen LogP contribution in [0.1, 0.15) is 34.4 Å². The summed E-state index contributed by atoms with van der Waals surface area (Å²) < 4.78 is 6.70. The molecule has 0 spiro atoms. The van der Waals surface area contributed by atoms with Crippen LogP contribution in [0.3, 0.4) is 0 Å². The molecule has 0 saturated heterocycles. The number of esters is 1. The Morgan fingerprint density at radius 3 is 2.77 bits per heavy atom. The van der Waals surface area contributed by atoms with E-state index in [4.69, 9.17) is 33.7 Å². The highest BCUT2D eigenvalue weighted by Crippen LogP contribution is 2.24. The molecular weight excluding hydrogens is 375 g/mol. The number of nitrogens with zero attached hydrogens (tertiary/aromatic N) is 3. The molecule has 2 aromatic rings. The fraction of sp³-hybridized carbons (Fsp3) is 0.278. The zero-order valence-corrected chi connectivity index (χ0v) is 16.1. The number of carbonyl (C=O) groups excluding carboxylic acids is 1. The third-order valence-corrected chi connectivity index (χ3v) is 4.06. The summed E-state index contributed by atoms with van der Waals surface area (Å²) in [6.07, 6.45) is 6.68. The van der Waals surface area contributed by atoms with Crippen LogP contribution in [0.5, 0.6) is 0 Å². The highest BCUT2D eigenvalue weighted by atomic mass is 35.5. The number of alkyl halides is 1. The van der Waals surface area contributed by atoms with Gasteiger partial charge in [-0.1, -0.05) is 30.3 Å². The minimum absolute atomic E-state index is 0.172. The Hall–Kier alpha value is -2.15. The summed E-state index contributed by atoms with van der Waals surface area (Å²) in [7, 11) is 0. The van der Waals surface area contributed by atoms with Crippen LogP contribution in [-0.4, -0.2) is 32.8 Å². The van der Waals surface area contributed by atoms with E-state index in [1.165, 1.54) is 0 Å². The molecule has 0 aliphatic heterocycles. The monoisotopic (exact) mass is 394 g/mol. The number of rotatable bonds is 7. The van der Waals surface area contributed by atoms with Gasteiger partial charge >= 0.3 is 5.97 Å². The molecule has 0 bridgehead atoms. The predicted molar refractivity (Wildman–Crippen MR) is 104 cm³/mol. The molecule has 0 radical (unpaired) electrons. The van der Waals surface area contributed by atoms with E-state index in [2.05, 4.69) is 16.5 Å². The molecule has 138 valence electrons. The van der Waals surface area contributed by atoms with Gasteiger partial charge in [0.15, 0.2) is 5.69 Å². The molecule has 2 aromatic heterocycles. The topological polar surface area (TPSA) is 82.5 Å². The number of ether oxygens (including phenoxy) is 1. The molecule has 2 rings (SSSR count). The van der Waals surface area contributed by atoms with Crippen molar-refractivity contribution in [1.29, 1.82) is 0 Å². The Bertz CT molecular complexity index is 900. The van der Waals surface area contributed by atoms with Gasteiger partial charge in [0.2, 0.25) is 5.78 Å². The van der Waals surface area contributed by atoms with Gasteiger partial charge in [-0.15, -0.1) is 11.6 Å². The fourth-order valence-corrected chi connectivity index (χ4v) is 2.83. The van der Waals surface area contributed by atoms with E-state index in [0.717, 1.165) is 5.56 Å². The summed E-state index contributed by atoms with van der Waals surface area (Å²) in [6, 6.07) is 0. The quantitative estimate of drug-likeness (QED) is 0.440. The van der Waals surface area contributed by atoms with Crippen molar-refractivity contribution in [3.63, 3.8) is 0 Å². The second kappa shape index (κ2) is 8.98. The number of hydrogen-bond acceptors (Lipinski definition) is 5. The standard InChI is InChI=1S/C18H20Cl2N4O2/c1-4-26-17(25)15-10-24-16(11(2)5-6-13(20)7-8-19)14(9-21)12(3)22-18(24)23-15/h5-7,10H,2,4,8-9,21H2,1,3H3/b6-5-,13-7+. The van der Waals surface area contributed by atoms with Gasteiger partial charge in [-0.25, -0.2) is 14.8 Å². The molecule has 0 aliphatic rings. The SMILES string of the molecule is C=C(/C=C\C(Cl)=C/CCl)c1c(CN)c(C)nc2nc(C(=O)OCC)cn12. The lowest BCUT2D eigenvalue weighted by Gasteiger charge is -2.13. The van der Waals surface area contributed by atoms with Crippen LogP contribution in [-0.2, 0) is 11.3 Å². The van der Waals surface area contributed by atoms with Crippen molar-refractivity contribution in [1.82, 2.24) is 14.4 Å². The summed E-state index contributed by atoms with van der Waals surface area (Å²) in [5.41, 5.74) is 8.96. The zero-order chi connectivity index (χ0) is 19.3. The molecule has 0 saturated carbocycles. The highest BCUT2D eigenvalue weighted by molar-refractivity contribution is 6.32. The Labute approximate surface area is 162 Å². The third-order valence-electron chi connectivity index (χ3n) is 3.63. The van der Waals surface area contributed by atoms with Gasteiger partial charge in [0.05, 0.1) is 12.3 Å². The van der Waals surface area contributed by atoms with E-state index in [-0.39, 0.29) is 18.8 Å². The summed E-state index contributed by atoms with van der Waals surface area (Å²) in [6.45, 7) is 8.19. The van der Waals surface area contributed by atoms with Crippen LogP contribution >= 0.6 is 23.2 Å². The molecule has 6 nitrogen and oxygen atoms in total. The van der Waals surface area contributed by atoms with Gasteiger partial charge in [-0.2, -0.15) is 0 Å². The van der Waals surface area contributed by atoms with Crippen molar-refractivity contribution in [2.24, 2.45) is 5.73 Å². The number of aryl methyl sites for hydroxylation is 1. The number of imidazole rings is 1. The maximum Gasteiger partial charge on any atom is 0.358 e. The largest absolute Gasteiger partial charge is 0.461 e. The summed E-state index contributed by atoms with van der Waals surface area (Å²) in [4.78, 5) is 20.7. The molecule has 0 atom stereocenters. The molecular formula is C18H20Cl2N4O2. The third kappa shape index (κ3) is 4.33. The molecule has 0 unspecified atom stereocenters. The zero-order valence-electron chi connectivity index (χ0n) is 14.6. The van der Waals surface area contributed by atoms with E-state index < -0.39 is 5.97 Å². The maximum absolute atomic E-state index is 12.0. The van der Waals surface area contributed by atoms with Gasteiger partial charge in [-0.05, 0) is 25.5 Å². The van der Waals surface area contributed by atoms with E-state index in [9.17, 15) is 4.79 Å². The molecule has 0 fully saturated rings. The number of allylic oxidation sites excluding steroid dienone is 5. The number of carbonyl (C=O) groups is 1. The Morgan fingerprint density at radius 2 is 2.15 bits per heavy atom. The van der Waals surface area contributed by atoms with Gasteiger partial charge in [0.1, 0.15) is 0 Å². The van der Waals surface area contributed by atoms with Crippen LogP contribution in [0.2, 0.25) is 0 Å². The van der Waals surface area contributed by atoms with E-state index in [0.29, 0.717) is 33.7 Å². The molecule has 26 heavy (non-hydrogen) atoms. The molecule has 0 amide bonds. The minimum Gasteiger partial charge on any atom is -0.461 e. The second-order valence-corrected chi connectivity index (χ2v) is 6.09. The van der Waals surface area contributed by atoms with Crippen LogP contribution in [0.25, 0.3) is 11.4 Å². The van der Waals surface area contributed by atoms with Crippen LogP contribution in [0.15, 0.2) is 36.0 Å². The number of fused-ring (bicyclic) bond motifs is 1. The van der Waals surface area contributed by atoms with Crippen molar-refractivity contribution in [2.75, 3.05) is 12.5 Å². The first-order valence-electron chi connectivity index (χ1n) is 7.97. The van der Waals surface area contributed by atoms with E-state index in [1.54, 1.807) is 35.7 Å². The Balaban J connectivity index is 2.59. The first kappa shape index (κ1) is 20.2. The normalized spacial score (nSPS) is 12.1. The van der Waals surface area contributed by atoms with Crippen molar-refractivity contribution in [2.45, 2.75) is 20.4 Å². The lowest BCUT2D eigenvalue weighted by molar-refractivity contribution is 0.0520. The van der Waals surface area contributed by atoms with Gasteiger partial charge in [0.25, 0.3) is 0 Å². The average Bonchev–Trinajstić information content (AvgIpc) is 3.02. The molecule has 2 N–H and O–H groups in total. The highest BCUT2D eigenvalue weighted by Gasteiger charge is 2.18. The summed E-state index contributed by atoms with van der Waals surface area (Å²) >= 11 is 11.7. The number of aromatic nitrogens is 3. The van der Waals surface area contributed by atoms with E-state index >= 15 is 0 Å². The molecule has 8 heteroatoms. The first-order chi connectivity index (χ1) is 12.4. The first-order valence-corrected chi connectivity index (χ1v) is 8.88. The van der Waals surface area contributed by atoms with Crippen LogP contribution < -0.4 is 5.73 Å². The van der Waals surface area contributed by atoms with Crippen molar-refractivity contribution < 1.29 is 9.53 Å². The van der Waals surface area contributed by atoms with Gasteiger partial charge < -0.3 is 10.5 Å². The molecule has 0 aromatic carbocycles. The predicted octanol–water partition coefficient (Wildman–Crippen LogP) is 3.60. The number of halogens is 2. The van der Waals surface area contributed by atoms with Crippen LogP contribution in [0.4, 0.5) is 0 Å². The summed E-state index contributed by atoms with van der Waals surface area (Å²) in [5, 5.41) is 0.496. The Morgan fingerprint density at radius 1 is 1.42 bits per heavy atom. The van der Waals surface area contributed by atoms with Crippen molar-refractivity contribution >= 4 is 40.5 Å². The van der Waals surface area contributed by atoms with Crippen LogP contribution in [0, 0.1) is 6.92 Å². The van der Waals surface area contributed by atoms with E-state index in [1.807, 2.05) is 6.92 Å². The second-order valence-electron chi connectivity index (χ2n) is 5.35. The fourth-order valence-electron chi connectivity index (χ4n) is 2.45. The minimum atomic E-state index is -0.509. The molecule has 2 heterocycles.